The zero-order valence-corrected chi connectivity index (χ0v) is 8.28. The predicted molar refractivity (Wildman–Crippen MR) is 53.2 cm³/mol. The van der Waals surface area contributed by atoms with Crippen molar-refractivity contribution in [3.8, 4) is 0 Å². The number of rotatable bonds is 0. The molecule has 0 bridgehead atoms. The van der Waals surface area contributed by atoms with Gasteiger partial charge in [-0.1, -0.05) is 11.6 Å². The average molecular weight is 246 g/mol. The maximum Gasteiger partial charge on any atom is 0.141 e. The molecule has 0 amide bonds. The molecule has 0 aliphatic heterocycles. The molecule has 0 aliphatic carbocycles. The molecule has 3 nitrogen and oxygen atoms in total. The second-order valence-corrected chi connectivity index (χ2v) is 3.54. The molecule has 0 fully saturated rings. The van der Waals surface area contributed by atoms with Gasteiger partial charge in [0.05, 0.1) is 9.50 Å². The van der Waals surface area contributed by atoms with E-state index >= 15 is 0 Å². The van der Waals surface area contributed by atoms with Gasteiger partial charge >= 0.3 is 0 Å². The van der Waals surface area contributed by atoms with Gasteiger partial charge in [-0.15, -0.1) is 0 Å². The highest BCUT2D eigenvalue weighted by Gasteiger charge is 2.08. The Labute approximate surface area is 82.1 Å². The summed E-state index contributed by atoms with van der Waals surface area (Å²) in [5.41, 5.74) is 6.29. The maximum absolute atomic E-state index is 5.99. The number of nitrogens with zero attached hydrogens (tertiary/aromatic N) is 1. The van der Waals surface area contributed by atoms with Crippen molar-refractivity contribution < 1.29 is 0 Å². The second kappa shape index (κ2) is 2.64. The molecule has 0 saturated heterocycles. The summed E-state index contributed by atoms with van der Waals surface area (Å²) in [4.78, 5) is 7.02. The molecule has 2 aromatic rings. The number of pyridine rings is 1. The van der Waals surface area contributed by atoms with Crippen LogP contribution in [-0.2, 0) is 0 Å². The third-order valence-corrected chi connectivity index (χ3v) is 3.04. The van der Waals surface area contributed by atoms with Crippen molar-refractivity contribution in [1.29, 1.82) is 0 Å². The Bertz CT molecular complexity index is 437. The van der Waals surface area contributed by atoms with Gasteiger partial charge in [-0.3, -0.25) is 0 Å². The standard InChI is InChI=1S/C7H5BrClN3/c8-4-5(9)3-1-2-11-7(3)12-6(4)10/h1-2H,(H3,10,11,12). The van der Waals surface area contributed by atoms with Crippen LogP contribution in [0, 0.1) is 0 Å². The Morgan fingerprint density at radius 1 is 1.58 bits per heavy atom. The molecule has 0 aliphatic rings. The van der Waals surface area contributed by atoms with Crippen molar-refractivity contribution >= 4 is 44.4 Å². The molecule has 0 radical (unpaired) electrons. The highest BCUT2D eigenvalue weighted by molar-refractivity contribution is 9.10. The van der Waals surface area contributed by atoms with Gasteiger partial charge in [-0.05, 0) is 22.0 Å². The van der Waals surface area contributed by atoms with Crippen LogP contribution in [0.15, 0.2) is 16.7 Å². The Hall–Kier alpha value is -0.740. The summed E-state index contributed by atoms with van der Waals surface area (Å²) >= 11 is 9.24. The number of anilines is 1. The minimum Gasteiger partial charge on any atom is -0.383 e. The number of nitrogens with two attached hydrogens (primary N) is 1. The molecule has 0 atom stereocenters. The summed E-state index contributed by atoms with van der Waals surface area (Å²) in [5.74, 6) is 0.398. The van der Waals surface area contributed by atoms with E-state index in [1.807, 2.05) is 6.07 Å². The summed E-state index contributed by atoms with van der Waals surface area (Å²) in [6.45, 7) is 0. The van der Waals surface area contributed by atoms with E-state index in [-0.39, 0.29) is 0 Å². The van der Waals surface area contributed by atoms with Gasteiger partial charge in [0.15, 0.2) is 0 Å². The fourth-order valence-corrected chi connectivity index (χ4v) is 1.58. The van der Waals surface area contributed by atoms with Gasteiger partial charge in [0.2, 0.25) is 0 Å². The lowest BCUT2D eigenvalue weighted by Gasteiger charge is -2.00. The van der Waals surface area contributed by atoms with Crippen LogP contribution in [0.3, 0.4) is 0 Å². The predicted octanol–water partition coefficient (Wildman–Crippen LogP) is 2.56. The molecule has 62 valence electrons. The fourth-order valence-electron chi connectivity index (χ4n) is 1.03. The van der Waals surface area contributed by atoms with Crippen LogP contribution >= 0.6 is 27.5 Å². The summed E-state index contributed by atoms with van der Waals surface area (Å²) in [6.07, 6.45) is 1.77. The molecule has 2 heterocycles. The summed E-state index contributed by atoms with van der Waals surface area (Å²) in [7, 11) is 0. The number of hydrogen-bond acceptors (Lipinski definition) is 2. The molecule has 12 heavy (non-hydrogen) atoms. The van der Waals surface area contributed by atoms with Crippen LogP contribution in [0.4, 0.5) is 5.82 Å². The van der Waals surface area contributed by atoms with Crippen LogP contribution < -0.4 is 5.73 Å². The molecule has 2 rings (SSSR count). The van der Waals surface area contributed by atoms with Crippen LogP contribution in [0.5, 0.6) is 0 Å². The first-order valence-corrected chi connectivity index (χ1v) is 4.45. The fraction of sp³-hybridized carbons (Fsp3) is 0. The number of aromatic nitrogens is 2. The normalized spacial score (nSPS) is 10.8. The average Bonchev–Trinajstić information content (AvgIpc) is 2.48. The Morgan fingerprint density at radius 3 is 3.08 bits per heavy atom. The van der Waals surface area contributed by atoms with Crippen molar-refractivity contribution in [2.45, 2.75) is 0 Å². The Balaban J connectivity index is 2.94. The number of nitrogens with one attached hydrogen (secondary N) is 1. The van der Waals surface area contributed by atoms with Crippen molar-refractivity contribution in [2.75, 3.05) is 5.73 Å². The SMILES string of the molecule is Nc1nc2[nH]ccc2c(Cl)c1Br. The number of nitrogen functional groups attached to an aromatic ring is 1. The molecule has 5 heteroatoms. The van der Waals surface area contributed by atoms with E-state index in [0.29, 0.717) is 21.0 Å². The minimum absolute atomic E-state index is 0.398. The van der Waals surface area contributed by atoms with E-state index in [0.717, 1.165) is 5.39 Å². The smallest absolute Gasteiger partial charge is 0.141 e. The molecule has 3 N–H and O–H groups in total. The molecule has 0 aromatic carbocycles. The van der Waals surface area contributed by atoms with E-state index in [9.17, 15) is 0 Å². The molecule has 0 saturated carbocycles. The molecule has 0 unspecified atom stereocenters. The third kappa shape index (κ3) is 0.990. The monoisotopic (exact) mass is 245 g/mol. The summed E-state index contributed by atoms with van der Waals surface area (Å²) in [5, 5.41) is 1.47. The molecule has 0 spiro atoms. The van der Waals surface area contributed by atoms with E-state index < -0.39 is 0 Å². The third-order valence-electron chi connectivity index (χ3n) is 1.61. The highest BCUT2D eigenvalue weighted by atomic mass is 79.9. The Kier molecular flexibility index (Phi) is 1.73. The molecular formula is C7H5BrClN3. The lowest BCUT2D eigenvalue weighted by Crippen LogP contribution is -1.92. The second-order valence-electron chi connectivity index (χ2n) is 2.36. The van der Waals surface area contributed by atoms with E-state index in [4.69, 9.17) is 17.3 Å². The number of fused-ring (bicyclic) bond motifs is 1. The Morgan fingerprint density at radius 2 is 2.33 bits per heavy atom. The van der Waals surface area contributed by atoms with Crippen LogP contribution in [0.25, 0.3) is 11.0 Å². The number of hydrogen-bond donors (Lipinski definition) is 2. The summed E-state index contributed by atoms with van der Waals surface area (Å²) in [6, 6.07) is 1.86. The quantitative estimate of drug-likeness (QED) is 0.750. The van der Waals surface area contributed by atoms with Gasteiger partial charge in [-0.25, -0.2) is 4.98 Å². The highest BCUT2D eigenvalue weighted by Crippen LogP contribution is 2.32. The van der Waals surface area contributed by atoms with Crippen LogP contribution in [-0.4, -0.2) is 9.97 Å². The van der Waals surface area contributed by atoms with Crippen molar-refractivity contribution in [1.82, 2.24) is 9.97 Å². The first-order chi connectivity index (χ1) is 5.70. The topological polar surface area (TPSA) is 54.7 Å². The number of aromatic amines is 1. The van der Waals surface area contributed by atoms with E-state index in [1.54, 1.807) is 6.20 Å². The first-order valence-electron chi connectivity index (χ1n) is 3.27. The minimum atomic E-state index is 0.398. The van der Waals surface area contributed by atoms with Gasteiger partial charge in [0.25, 0.3) is 0 Å². The largest absolute Gasteiger partial charge is 0.383 e. The van der Waals surface area contributed by atoms with Gasteiger partial charge in [0, 0.05) is 11.6 Å². The van der Waals surface area contributed by atoms with Gasteiger partial charge in [0.1, 0.15) is 11.5 Å². The molecule has 2 aromatic heterocycles. The molecular weight excluding hydrogens is 241 g/mol. The lowest BCUT2D eigenvalue weighted by molar-refractivity contribution is 1.32. The maximum atomic E-state index is 5.99. The van der Waals surface area contributed by atoms with Gasteiger partial charge < -0.3 is 10.7 Å². The first kappa shape index (κ1) is 7.89. The van der Waals surface area contributed by atoms with Crippen molar-refractivity contribution in [2.24, 2.45) is 0 Å². The van der Waals surface area contributed by atoms with Crippen LogP contribution in [0.1, 0.15) is 0 Å². The summed E-state index contributed by atoms with van der Waals surface area (Å²) < 4.78 is 0.649. The lowest BCUT2D eigenvalue weighted by atomic mass is 10.3. The van der Waals surface area contributed by atoms with Gasteiger partial charge in [-0.2, -0.15) is 0 Å². The zero-order valence-electron chi connectivity index (χ0n) is 5.94. The number of halogens is 2. The van der Waals surface area contributed by atoms with Crippen molar-refractivity contribution in [3.63, 3.8) is 0 Å². The number of H-pyrrole nitrogens is 1. The van der Waals surface area contributed by atoms with E-state index in [1.165, 1.54) is 0 Å². The zero-order chi connectivity index (χ0) is 8.72. The van der Waals surface area contributed by atoms with Crippen LogP contribution in [0.2, 0.25) is 5.02 Å². The van der Waals surface area contributed by atoms with Crippen molar-refractivity contribution in [3.05, 3.63) is 21.8 Å². The van der Waals surface area contributed by atoms with E-state index in [2.05, 4.69) is 25.9 Å².